The first-order valence-electron chi connectivity index (χ1n) is 6.97. The molecule has 114 valence electrons. The monoisotopic (exact) mass is 420 g/mol. The minimum Gasteiger partial charge on any atom is -0.378 e. The van der Waals surface area contributed by atoms with E-state index in [1.807, 2.05) is 6.92 Å². The van der Waals surface area contributed by atoms with Crippen LogP contribution in [0.15, 0.2) is 18.2 Å². The lowest BCUT2D eigenvalue weighted by Crippen LogP contribution is -2.37. The van der Waals surface area contributed by atoms with Gasteiger partial charge >= 0.3 is 0 Å². The lowest BCUT2D eigenvalue weighted by atomic mass is 10.0. The third-order valence-electron chi connectivity index (χ3n) is 4.04. The van der Waals surface area contributed by atoms with Gasteiger partial charge < -0.3 is 14.0 Å². The van der Waals surface area contributed by atoms with Crippen LogP contribution in [0, 0.1) is 3.57 Å². The molecular formula is C15H18ClIN2O2. The van der Waals surface area contributed by atoms with Crippen molar-refractivity contribution in [2.75, 3.05) is 20.3 Å². The summed E-state index contributed by atoms with van der Waals surface area (Å²) < 4.78 is 14.7. The van der Waals surface area contributed by atoms with E-state index in [4.69, 9.17) is 26.1 Å². The molecule has 1 saturated heterocycles. The van der Waals surface area contributed by atoms with Gasteiger partial charge in [-0.25, -0.2) is 4.98 Å². The Labute approximate surface area is 142 Å². The number of halogens is 2. The number of fused-ring (bicyclic) bond motifs is 1. The molecule has 0 amide bonds. The first-order valence-corrected chi connectivity index (χ1v) is 8.49. The smallest absolute Gasteiger partial charge is 0.127 e. The molecule has 0 bridgehead atoms. The molecule has 1 aromatic carbocycles. The van der Waals surface area contributed by atoms with Gasteiger partial charge in [0.15, 0.2) is 0 Å². The SMILES string of the molecule is COC1(Cn2c(C(C)Cl)nc3cc(I)ccc32)CCOC1. The minimum atomic E-state index is -0.281. The molecule has 1 aromatic heterocycles. The molecule has 1 aliphatic heterocycles. The van der Waals surface area contributed by atoms with E-state index in [1.54, 1.807) is 7.11 Å². The lowest BCUT2D eigenvalue weighted by molar-refractivity contribution is -0.0292. The first-order chi connectivity index (χ1) is 10.0. The van der Waals surface area contributed by atoms with Gasteiger partial charge in [-0.2, -0.15) is 0 Å². The number of methoxy groups -OCH3 is 1. The third kappa shape index (κ3) is 2.93. The summed E-state index contributed by atoms with van der Waals surface area (Å²) in [5.74, 6) is 0.886. The number of benzene rings is 1. The van der Waals surface area contributed by atoms with Crippen molar-refractivity contribution in [2.24, 2.45) is 0 Å². The zero-order valence-corrected chi connectivity index (χ0v) is 15.0. The molecule has 2 unspecified atom stereocenters. The highest BCUT2D eigenvalue weighted by molar-refractivity contribution is 14.1. The van der Waals surface area contributed by atoms with Gasteiger partial charge in [-0.1, -0.05) is 0 Å². The summed E-state index contributed by atoms with van der Waals surface area (Å²) in [6.07, 6.45) is 0.893. The maximum atomic E-state index is 6.34. The van der Waals surface area contributed by atoms with Crippen molar-refractivity contribution >= 4 is 45.2 Å². The van der Waals surface area contributed by atoms with Gasteiger partial charge in [0.05, 0.1) is 29.6 Å². The van der Waals surface area contributed by atoms with Crippen LogP contribution in [0.2, 0.25) is 0 Å². The van der Waals surface area contributed by atoms with Crippen LogP contribution in [0.5, 0.6) is 0 Å². The summed E-state index contributed by atoms with van der Waals surface area (Å²) in [5, 5.41) is -0.147. The largest absolute Gasteiger partial charge is 0.378 e. The van der Waals surface area contributed by atoms with Gasteiger partial charge in [-0.15, -0.1) is 11.6 Å². The van der Waals surface area contributed by atoms with Gasteiger partial charge in [0.25, 0.3) is 0 Å². The molecule has 1 fully saturated rings. The number of hydrogen-bond acceptors (Lipinski definition) is 3. The number of imidazole rings is 1. The zero-order chi connectivity index (χ0) is 15.0. The van der Waals surface area contributed by atoms with Crippen LogP contribution in [0.3, 0.4) is 0 Å². The summed E-state index contributed by atoms with van der Waals surface area (Å²) in [6, 6.07) is 6.28. The van der Waals surface area contributed by atoms with Crippen molar-refractivity contribution in [3.05, 3.63) is 27.6 Å². The van der Waals surface area contributed by atoms with Gasteiger partial charge in [-0.3, -0.25) is 0 Å². The number of nitrogens with zero attached hydrogens (tertiary/aromatic N) is 2. The molecule has 0 saturated carbocycles. The van der Waals surface area contributed by atoms with E-state index in [-0.39, 0.29) is 11.0 Å². The van der Waals surface area contributed by atoms with Crippen LogP contribution in [-0.2, 0) is 16.0 Å². The topological polar surface area (TPSA) is 36.3 Å². The van der Waals surface area contributed by atoms with Crippen molar-refractivity contribution in [3.8, 4) is 0 Å². The standard InChI is InChI=1S/C15H18ClIN2O2/c1-10(16)14-18-12-7-11(17)3-4-13(12)19(14)8-15(20-2)5-6-21-9-15/h3-4,7,10H,5-6,8-9H2,1-2H3. The predicted octanol–water partition coefficient (Wildman–Crippen LogP) is 3.75. The molecule has 3 rings (SSSR count). The van der Waals surface area contributed by atoms with Crippen LogP contribution < -0.4 is 0 Å². The molecule has 1 aliphatic rings. The summed E-state index contributed by atoms with van der Waals surface area (Å²) in [6.45, 7) is 4.02. The second-order valence-electron chi connectivity index (χ2n) is 5.49. The maximum absolute atomic E-state index is 6.34. The first kappa shape index (κ1) is 15.5. The molecule has 2 heterocycles. The zero-order valence-electron chi connectivity index (χ0n) is 12.1. The quantitative estimate of drug-likeness (QED) is 0.558. The van der Waals surface area contributed by atoms with E-state index in [9.17, 15) is 0 Å². The highest BCUT2D eigenvalue weighted by Gasteiger charge is 2.36. The molecule has 0 spiro atoms. The van der Waals surface area contributed by atoms with Crippen LogP contribution in [0.25, 0.3) is 11.0 Å². The van der Waals surface area contributed by atoms with Crippen molar-refractivity contribution in [2.45, 2.75) is 30.9 Å². The van der Waals surface area contributed by atoms with Crippen molar-refractivity contribution in [3.63, 3.8) is 0 Å². The van der Waals surface area contributed by atoms with Gasteiger partial charge in [0.1, 0.15) is 11.4 Å². The second kappa shape index (κ2) is 6.02. The average molecular weight is 421 g/mol. The van der Waals surface area contributed by atoms with Crippen molar-refractivity contribution in [1.29, 1.82) is 0 Å². The highest BCUT2D eigenvalue weighted by Crippen LogP contribution is 2.31. The van der Waals surface area contributed by atoms with E-state index in [2.05, 4.69) is 45.4 Å². The summed E-state index contributed by atoms with van der Waals surface area (Å²) in [4.78, 5) is 4.71. The average Bonchev–Trinajstić information content (AvgIpc) is 3.05. The summed E-state index contributed by atoms with van der Waals surface area (Å²) in [7, 11) is 1.75. The van der Waals surface area contributed by atoms with Crippen LogP contribution in [-0.4, -0.2) is 35.5 Å². The third-order valence-corrected chi connectivity index (χ3v) is 4.91. The molecule has 6 heteroatoms. The Hall–Kier alpha value is -0.370. The van der Waals surface area contributed by atoms with E-state index in [0.717, 1.165) is 29.9 Å². The normalized spacial score (nSPS) is 23.8. The molecule has 0 aliphatic carbocycles. The fourth-order valence-electron chi connectivity index (χ4n) is 2.82. The minimum absolute atomic E-state index is 0.147. The molecule has 0 radical (unpaired) electrons. The summed E-state index contributed by atoms with van der Waals surface area (Å²) in [5.41, 5.74) is 1.80. The Balaban J connectivity index is 2.09. The lowest BCUT2D eigenvalue weighted by Gasteiger charge is -2.27. The van der Waals surface area contributed by atoms with E-state index < -0.39 is 0 Å². The highest BCUT2D eigenvalue weighted by atomic mass is 127. The molecule has 2 atom stereocenters. The van der Waals surface area contributed by atoms with Gasteiger partial charge in [0.2, 0.25) is 0 Å². The summed E-state index contributed by atoms with van der Waals surface area (Å²) >= 11 is 8.64. The Kier molecular flexibility index (Phi) is 4.45. The Morgan fingerprint density at radius 3 is 3.00 bits per heavy atom. The maximum Gasteiger partial charge on any atom is 0.127 e. The fourth-order valence-corrected chi connectivity index (χ4v) is 3.46. The molecule has 2 aromatic rings. The van der Waals surface area contributed by atoms with Crippen LogP contribution >= 0.6 is 34.2 Å². The second-order valence-corrected chi connectivity index (χ2v) is 7.40. The predicted molar refractivity (Wildman–Crippen MR) is 91.9 cm³/mol. The number of hydrogen-bond donors (Lipinski definition) is 0. The van der Waals surface area contributed by atoms with E-state index >= 15 is 0 Å². The fraction of sp³-hybridized carbons (Fsp3) is 0.533. The number of alkyl halides is 1. The van der Waals surface area contributed by atoms with Gasteiger partial charge in [0, 0.05) is 23.7 Å². The molecule has 0 N–H and O–H groups in total. The van der Waals surface area contributed by atoms with E-state index in [0.29, 0.717) is 13.2 Å². The number of aromatic nitrogens is 2. The molecule has 4 nitrogen and oxygen atoms in total. The Bertz CT molecular complexity index is 650. The Morgan fingerprint density at radius 2 is 2.38 bits per heavy atom. The molecule has 21 heavy (non-hydrogen) atoms. The van der Waals surface area contributed by atoms with Crippen molar-refractivity contribution < 1.29 is 9.47 Å². The van der Waals surface area contributed by atoms with Crippen LogP contribution in [0.1, 0.15) is 24.5 Å². The molecular weight excluding hydrogens is 403 g/mol. The van der Waals surface area contributed by atoms with E-state index in [1.165, 1.54) is 3.57 Å². The van der Waals surface area contributed by atoms with Crippen molar-refractivity contribution in [1.82, 2.24) is 9.55 Å². The van der Waals surface area contributed by atoms with Gasteiger partial charge in [-0.05, 0) is 47.7 Å². The number of ether oxygens (including phenoxy) is 2. The Morgan fingerprint density at radius 1 is 1.57 bits per heavy atom. The number of rotatable bonds is 4. The van der Waals surface area contributed by atoms with Crippen LogP contribution in [0.4, 0.5) is 0 Å².